The van der Waals surface area contributed by atoms with Crippen LogP contribution in [0.25, 0.3) is 0 Å². The van der Waals surface area contributed by atoms with Gasteiger partial charge in [-0.2, -0.15) is 15.3 Å². The van der Waals surface area contributed by atoms with Crippen molar-refractivity contribution in [3.63, 3.8) is 0 Å². The van der Waals surface area contributed by atoms with Gasteiger partial charge in [0.2, 0.25) is 0 Å². The van der Waals surface area contributed by atoms with E-state index in [9.17, 15) is 5.11 Å². The molecule has 0 bridgehead atoms. The molecule has 0 unspecified atom stereocenters. The van der Waals surface area contributed by atoms with Gasteiger partial charge in [0, 0.05) is 10.0 Å². The van der Waals surface area contributed by atoms with Crippen molar-refractivity contribution in [2.24, 2.45) is 15.3 Å². The highest BCUT2D eigenvalue weighted by molar-refractivity contribution is 9.10. The standard InChI is InChI=1S/C19H15BrN4O/c20-15-6-8-17(9-7-15)22-21-13-14-12-18(10-11-19(14)25)24-23-16-4-2-1-3-5-16/h1-13,22,25H/b21-13+,24-23?. The lowest BCUT2D eigenvalue weighted by Crippen LogP contribution is -1.90. The zero-order chi connectivity index (χ0) is 17.5. The lowest BCUT2D eigenvalue weighted by Gasteiger charge is -2.02. The van der Waals surface area contributed by atoms with Crippen molar-refractivity contribution in [3.8, 4) is 5.75 Å². The third-order valence-electron chi connectivity index (χ3n) is 3.29. The molecular weight excluding hydrogens is 380 g/mol. The fourth-order valence-corrected chi connectivity index (χ4v) is 2.28. The first-order chi connectivity index (χ1) is 12.2. The van der Waals surface area contributed by atoms with E-state index in [4.69, 9.17) is 0 Å². The van der Waals surface area contributed by atoms with Crippen LogP contribution in [0.5, 0.6) is 5.75 Å². The monoisotopic (exact) mass is 394 g/mol. The summed E-state index contributed by atoms with van der Waals surface area (Å²) in [5, 5.41) is 22.4. The molecule has 25 heavy (non-hydrogen) atoms. The van der Waals surface area contributed by atoms with Gasteiger partial charge in [0.05, 0.1) is 23.3 Å². The van der Waals surface area contributed by atoms with E-state index in [2.05, 4.69) is 36.7 Å². The minimum atomic E-state index is 0.125. The molecule has 0 aliphatic heterocycles. The van der Waals surface area contributed by atoms with Crippen LogP contribution in [0.4, 0.5) is 17.1 Å². The highest BCUT2D eigenvalue weighted by atomic mass is 79.9. The van der Waals surface area contributed by atoms with Gasteiger partial charge < -0.3 is 5.11 Å². The summed E-state index contributed by atoms with van der Waals surface area (Å²) >= 11 is 3.38. The van der Waals surface area contributed by atoms with E-state index in [0.29, 0.717) is 11.3 Å². The second-order valence-corrected chi connectivity index (χ2v) is 6.07. The van der Waals surface area contributed by atoms with Crippen LogP contribution >= 0.6 is 15.9 Å². The van der Waals surface area contributed by atoms with E-state index in [1.165, 1.54) is 0 Å². The molecule has 0 saturated carbocycles. The number of azo groups is 1. The van der Waals surface area contributed by atoms with Crippen molar-refractivity contribution in [1.29, 1.82) is 0 Å². The average Bonchev–Trinajstić information content (AvgIpc) is 2.64. The van der Waals surface area contributed by atoms with Gasteiger partial charge in [-0.05, 0) is 54.6 Å². The SMILES string of the molecule is Oc1ccc(N=Nc2ccccc2)cc1/C=N/Nc1ccc(Br)cc1. The normalized spacial score (nSPS) is 11.2. The van der Waals surface area contributed by atoms with Gasteiger partial charge in [0.1, 0.15) is 5.75 Å². The number of nitrogens with one attached hydrogen (secondary N) is 1. The fraction of sp³-hybridized carbons (Fsp3) is 0. The van der Waals surface area contributed by atoms with Crippen molar-refractivity contribution < 1.29 is 5.11 Å². The molecule has 0 fully saturated rings. The highest BCUT2D eigenvalue weighted by Crippen LogP contribution is 2.24. The minimum Gasteiger partial charge on any atom is -0.507 e. The molecule has 3 aromatic rings. The number of hydrogen-bond donors (Lipinski definition) is 2. The Morgan fingerprint density at radius 1 is 0.840 bits per heavy atom. The lowest BCUT2D eigenvalue weighted by molar-refractivity contribution is 0.474. The van der Waals surface area contributed by atoms with Gasteiger partial charge in [-0.3, -0.25) is 5.43 Å². The predicted octanol–water partition coefficient (Wildman–Crippen LogP) is 6.02. The predicted molar refractivity (Wildman–Crippen MR) is 104 cm³/mol. The van der Waals surface area contributed by atoms with Gasteiger partial charge in [-0.1, -0.05) is 34.1 Å². The third kappa shape index (κ3) is 4.99. The summed E-state index contributed by atoms with van der Waals surface area (Å²) in [7, 11) is 0. The maximum absolute atomic E-state index is 9.96. The second kappa shape index (κ2) is 8.21. The first-order valence-corrected chi connectivity index (χ1v) is 8.34. The molecule has 0 saturated heterocycles. The number of anilines is 1. The number of phenolic OH excluding ortho intramolecular Hbond substituents is 1. The van der Waals surface area contributed by atoms with Gasteiger partial charge in [-0.15, -0.1) is 0 Å². The summed E-state index contributed by atoms with van der Waals surface area (Å²) in [5.41, 5.74) is 5.70. The van der Waals surface area contributed by atoms with E-state index in [1.807, 2.05) is 54.6 Å². The van der Waals surface area contributed by atoms with Crippen molar-refractivity contribution in [1.82, 2.24) is 0 Å². The molecular formula is C19H15BrN4O. The molecule has 6 heteroatoms. The maximum atomic E-state index is 9.96. The number of nitrogens with zero attached hydrogens (tertiary/aromatic N) is 3. The van der Waals surface area contributed by atoms with Gasteiger partial charge in [0.15, 0.2) is 0 Å². The quantitative estimate of drug-likeness (QED) is 0.315. The molecule has 124 valence electrons. The third-order valence-corrected chi connectivity index (χ3v) is 3.82. The maximum Gasteiger partial charge on any atom is 0.124 e. The van der Waals surface area contributed by atoms with Gasteiger partial charge in [0.25, 0.3) is 0 Å². The Bertz CT molecular complexity index is 893. The molecule has 0 amide bonds. The number of benzene rings is 3. The first kappa shape index (κ1) is 16.9. The molecule has 0 aliphatic rings. The Labute approximate surface area is 153 Å². The number of aromatic hydroxyl groups is 1. The first-order valence-electron chi connectivity index (χ1n) is 7.55. The molecule has 3 aromatic carbocycles. The lowest BCUT2D eigenvalue weighted by atomic mass is 10.2. The average molecular weight is 395 g/mol. The molecule has 3 rings (SSSR count). The zero-order valence-electron chi connectivity index (χ0n) is 13.2. The van der Waals surface area contributed by atoms with Crippen molar-refractivity contribution in [2.75, 3.05) is 5.43 Å². The van der Waals surface area contributed by atoms with Crippen LogP contribution in [0.1, 0.15) is 5.56 Å². The fourth-order valence-electron chi connectivity index (χ4n) is 2.02. The van der Waals surface area contributed by atoms with E-state index >= 15 is 0 Å². The van der Waals surface area contributed by atoms with Crippen LogP contribution in [0.3, 0.4) is 0 Å². The number of hydrazone groups is 1. The van der Waals surface area contributed by atoms with Crippen molar-refractivity contribution in [2.45, 2.75) is 0 Å². The van der Waals surface area contributed by atoms with Crippen LogP contribution in [-0.4, -0.2) is 11.3 Å². The molecule has 0 atom stereocenters. The molecule has 0 aromatic heterocycles. The topological polar surface area (TPSA) is 69.3 Å². The minimum absolute atomic E-state index is 0.125. The molecule has 0 radical (unpaired) electrons. The summed E-state index contributed by atoms with van der Waals surface area (Å²) in [6.45, 7) is 0. The summed E-state index contributed by atoms with van der Waals surface area (Å²) in [4.78, 5) is 0. The van der Waals surface area contributed by atoms with E-state index in [1.54, 1.807) is 24.4 Å². The summed E-state index contributed by atoms with van der Waals surface area (Å²) < 4.78 is 0.996. The Hall–Kier alpha value is -2.99. The zero-order valence-corrected chi connectivity index (χ0v) is 14.8. The van der Waals surface area contributed by atoms with Crippen LogP contribution < -0.4 is 5.43 Å². The van der Waals surface area contributed by atoms with Crippen molar-refractivity contribution in [3.05, 3.63) is 82.8 Å². The highest BCUT2D eigenvalue weighted by Gasteiger charge is 2.00. The Morgan fingerprint density at radius 2 is 1.56 bits per heavy atom. The van der Waals surface area contributed by atoms with Crippen molar-refractivity contribution >= 4 is 39.2 Å². The summed E-state index contributed by atoms with van der Waals surface area (Å²) in [5.74, 6) is 0.125. The van der Waals surface area contributed by atoms with E-state index in [-0.39, 0.29) is 5.75 Å². The van der Waals surface area contributed by atoms with Crippen LogP contribution in [0.15, 0.2) is 92.6 Å². The Balaban J connectivity index is 1.71. The number of phenols is 1. The van der Waals surface area contributed by atoms with Crippen LogP contribution in [0.2, 0.25) is 0 Å². The smallest absolute Gasteiger partial charge is 0.124 e. The van der Waals surface area contributed by atoms with Gasteiger partial charge >= 0.3 is 0 Å². The Kier molecular flexibility index (Phi) is 5.53. The molecule has 5 nitrogen and oxygen atoms in total. The summed E-state index contributed by atoms with van der Waals surface area (Å²) in [6.07, 6.45) is 1.54. The van der Waals surface area contributed by atoms with Crippen LogP contribution in [-0.2, 0) is 0 Å². The van der Waals surface area contributed by atoms with Crippen LogP contribution in [0, 0.1) is 0 Å². The van der Waals surface area contributed by atoms with Gasteiger partial charge in [-0.25, -0.2) is 0 Å². The van der Waals surface area contributed by atoms with E-state index < -0.39 is 0 Å². The van der Waals surface area contributed by atoms with E-state index in [0.717, 1.165) is 15.8 Å². The number of rotatable bonds is 5. The Morgan fingerprint density at radius 3 is 2.32 bits per heavy atom. The molecule has 2 N–H and O–H groups in total. The second-order valence-electron chi connectivity index (χ2n) is 5.16. The molecule has 0 heterocycles. The number of hydrogen-bond acceptors (Lipinski definition) is 5. The molecule has 0 aliphatic carbocycles. The summed E-state index contributed by atoms with van der Waals surface area (Å²) in [6, 6.07) is 22.1. The molecule has 0 spiro atoms. The number of halogens is 1. The largest absolute Gasteiger partial charge is 0.507 e.